The zero-order valence-electron chi connectivity index (χ0n) is 11.9. The van der Waals surface area contributed by atoms with Crippen LogP contribution in [-0.2, 0) is 10.0 Å². The van der Waals surface area contributed by atoms with Gasteiger partial charge in [0, 0.05) is 6.54 Å². The van der Waals surface area contributed by atoms with Gasteiger partial charge in [0.15, 0.2) is 0 Å². The van der Waals surface area contributed by atoms with Crippen LogP contribution in [0.5, 0.6) is 6.01 Å². The van der Waals surface area contributed by atoms with Crippen molar-refractivity contribution in [1.82, 2.24) is 14.3 Å². The summed E-state index contributed by atoms with van der Waals surface area (Å²) in [6, 6.07) is 3.30. The Morgan fingerprint density at radius 1 is 1.26 bits per heavy atom. The summed E-state index contributed by atoms with van der Waals surface area (Å²) in [6.45, 7) is 0.711. The minimum Gasteiger partial charge on any atom is -0.459 e. The highest BCUT2D eigenvalue weighted by Gasteiger charge is 2.32. The molecule has 0 aliphatic carbocycles. The number of ether oxygens (including phenoxy) is 1. The number of piperidine rings is 1. The van der Waals surface area contributed by atoms with Crippen LogP contribution in [0.25, 0.3) is 0 Å². The summed E-state index contributed by atoms with van der Waals surface area (Å²) in [5.41, 5.74) is 0. The van der Waals surface area contributed by atoms with E-state index in [0.29, 0.717) is 22.3 Å². The Morgan fingerprint density at radius 2 is 2.00 bits per heavy atom. The van der Waals surface area contributed by atoms with E-state index in [1.165, 1.54) is 22.8 Å². The lowest BCUT2D eigenvalue weighted by Crippen LogP contribution is -2.44. The third-order valence-electron chi connectivity index (χ3n) is 3.35. The van der Waals surface area contributed by atoms with Crippen LogP contribution in [0.2, 0.25) is 9.36 Å². The van der Waals surface area contributed by atoms with Crippen LogP contribution in [0.3, 0.4) is 0 Å². The van der Waals surface area contributed by atoms with Crippen LogP contribution in [0, 0.1) is 0 Å². The molecule has 124 valence electrons. The van der Waals surface area contributed by atoms with Crippen molar-refractivity contribution in [2.75, 3.05) is 13.1 Å². The number of nitrogens with zero attached hydrogens (tertiary/aromatic N) is 3. The molecule has 2 aromatic rings. The van der Waals surface area contributed by atoms with Gasteiger partial charge in [0.1, 0.15) is 10.3 Å². The number of thiophene rings is 1. The van der Waals surface area contributed by atoms with E-state index in [1.54, 1.807) is 6.07 Å². The van der Waals surface area contributed by atoms with Gasteiger partial charge in [0.2, 0.25) is 0 Å². The summed E-state index contributed by atoms with van der Waals surface area (Å²) in [7, 11) is -3.55. The normalized spacial score (nSPS) is 19.7. The molecule has 0 unspecified atom stereocenters. The van der Waals surface area contributed by atoms with E-state index >= 15 is 0 Å². The van der Waals surface area contributed by atoms with Crippen LogP contribution < -0.4 is 4.74 Å². The predicted octanol–water partition coefficient (Wildman–Crippen LogP) is 3.08. The smallest absolute Gasteiger partial charge is 0.316 e. The summed E-state index contributed by atoms with van der Waals surface area (Å²) >= 11 is 12.6. The number of halogens is 2. The average Bonchev–Trinajstić information content (AvgIpc) is 2.97. The van der Waals surface area contributed by atoms with Crippen LogP contribution >= 0.6 is 34.5 Å². The Kier molecular flexibility index (Phi) is 5.07. The molecule has 23 heavy (non-hydrogen) atoms. The third-order valence-corrected chi connectivity index (χ3v) is 7.11. The first-order valence-electron chi connectivity index (χ1n) is 6.85. The summed E-state index contributed by atoms with van der Waals surface area (Å²) in [4.78, 5) is 7.94. The molecule has 1 aliphatic rings. The highest BCUT2D eigenvalue weighted by atomic mass is 35.5. The van der Waals surface area contributed by atoms with Gasteiger partial charge in [0.25, 0.3) is 10.0 Å². The maximum absolute atomic E-state index is 12.6. The molecule has 2 aromatic heterocycles. The average molecular weight is 394 g/mol. The van der Waals surface area contributed by atoms with Crippen molar-refractivity contribution in [3.8, 4) is 6.01 Å². The number of hydrogen-bond donors (Lipinski definition) is 0. The first-order valence-corrected chi connectivity index (χ1v) is 9.86. The van der Waals surface area contributed by atoms with Crippen molar-refractivity contribution >= 4 is 44.6 Å². The van der Waals surface area contributed by atoms with E-state index in [4.69, 9.17) is 27.9 Å². The topological polar surface area (TPSA) is 72.4 Å². The third kappa shape index (κ3) is 3.95. The Labute approximate surface area is 148 Å². The van der Waals surface area contributed by atoms with Crippen molar-refractivity contribution in [3.05, 3.63) is 33.9 Å². The van der Waals surface area contributed by atoms with E-state index < -0.39 is 10.0 Å². The summed E-state index contributed by atoms with van der Waals surface area (Å²) < 4.78 is 33.0. The van der Waals surface area contributed by atoms with Gasteiger partial charge in [0.05, 0.1) is 28.3 Å². The fourth-order valence-corrected chi connectivity index (χ4v) is 5.54. The molecule has 1 fully saturated rings. The van der Waals surface area contributed by atoms with Crippen molar-refractivity contribution in [1.29, 1.82) is 0 Å². The lowest BCUT2D eigenvalue weighted by molar-refractivity contribution is 0.119. The molecule has 3 heterocycles. The molecule has 0 radical (unpaired) electrons. The molecule has 1 aliphatic heterocycles. The minimum absolute atomic E-state index is 0.192. The molecule has 10 heteroatoms. The number of aromatic nitrogens is 2. The van der Waals surface area contributed by atoms with Crippen molar-refractivity contribution < 1.29 is 13.2 Å². The number of rotatable bonds is 4. The molecule has 0 N–H and O–H groups in total. The van der Waals surface area contributed by atoms with Gasteiger partial charge < -0.3 is 4.74 Å². The van der Waals surface area contributed by atoms with Gasteiger partial charge in [-0.25, -0.2) is 18.4 Å². The molecule has 0 aromatic carbocycles. The lowest BCUT2D eigenvalue weighted by Gasteiger charge is -2.31. The van der Waals surface area contributed by atoms with Crippen molar-refractivity contribution in [2.45, 2.75) is 23.2 Å². The lowest BCUT2D eigenvalue weighted by atomic mass is 10.1. The molecule has 0 saturated carbocycles. The second-order valence-corrected chi connectivity index (χ2v) is 9.30. The Balaban J connectivity index is 1.71. The largest absolute Gasteiger partial charge is 0.459 e. The highest BCUT2D eigenvalue weighted by molar-refractivity contribution is 7.91. The molecule has 0 amide bonds. The molecule has 6 nitrogen and oxygen atoms in total. The monoisotopic (exact) mass is 393 g/mol. The quantitative estimate of drug-likeness (QED) is 0.797. The van der Waals surface area contributed by atoms with Crippen molar-refractivity contribution in [2.24, 2.45) is 0 Å². The molecular weight excluding hydrogens is 381 g/mol. The van der Waals surface area contributed by atoms with Crippen LogP contribution in [0.15, 0.2) is 28.7 Å². The van der Waals surface area contributed by atoms with Crippen LogP contribution in [-0.4, -0.2) is 41.9 Å². The SMILES string of the molecule is O=S(=O)(c1ccc(Cl)s1)N1CCC[C@H](Oc2ncc(Cl)cn2)C1. The van der Waals surface area contributed by atoms with E-state index in [1.807, 2.05) is 0 Å². The Hall–Kier alpha value is -0.930. The predicted molar refractivity (Wildman–Crippen MR) is 88.8 cm³/mol. The molecule has 3 rings (SSSR count). The molecule has 0 spiro atoms. The second-order valence-electron chi connectivity index (χ2n) is 4.99. The maximum atomic E-state index is 12.6. The van der Waals surface area contributed by atoms with Gasteiger partial charge in [-0.3, -0.25) is 0 Å². The summed E-state index contributed by atoms with van der Waals surface area (Å²) in [6.07, 6.45) is 4.03. The van der Waals surface area contributed by atoms with Crippen molar-refractivity contribution in [3.63, 3.8) is 0 Å². The summed E-state index contributed by atoms with van der Waals surface area (Å²) in [5, 5.41) is 0.416. The zero-order valence-corrected chi connectivity index (χ0v) is 15.0. The van der Waals surface area contributed by atoms with E-state index in [0.717, 1.165) is 17.8 Å². The highest BCUT2D eigenvalue weighted by Crippen LogP contribution is 2.30. The van der Waals surface area contributed by atoms with Crippen LogP contribution in [0.4, 0.5) is 0 Å². The molecule has 1 atom stereocenters. The fraction of sp³-hybridized carbons (Fsp3) is 0.385. The van der Waals surface area contributed by atoms with E-state index in [2.05, 4.69) is 9.97 Å². The zero-order chi connectivity index (χ0) is 16.4. The maximum Gasteiger partial charge on any atom is 0.316 e. The fourth-order valence-electron chi connectivity index (χ4n) is 2.29. The first-order chi connectivity index (χ1) is 10.9. The van der Waals surface area contributed by atoms with Gasteiger partial charge in [-0.2, -0.15) is 4.31 Å². The van der Waals surface area contributed by atoms with Crippen LogP contribution in [0.1, 0.15) is 12.8 Å². The minimum atomic E-state index is -3.55. The molecule has 1 saturated heterocycles. The van der Waals surface area contributed by atoms with Gasteiger partial charge >= 0.3 is 6.01 Å². The Morgan fingerprint density at radius 3 is 2.65 bits per heavy atom. The summed E-state index contributed by atoms with van der Waals surface area (Å²) in [5.74, 6) is 0. The molecule has 0 bridgehead atoms. The standard InChI is InChI=1S/C13H13Cl2N3O3S2/c14-9-6-16-13(17-7-9)21-10-2-1-5-18(8-10)23(19,20)12-4-3-11(15)22-12/h3-4,6-7,10H,1-2,5,8H2/t10-/m0/s1. The van der Waals surface area contributed by atoms with Gasteiger partial charge in [-0.15, -0.1) is 11.3 Å². The van der Waals surface area contributed by atoms with Gasteiger partial charge in [-0.05, 0) is 25.0 Å². The Bertz CT molecular complexity index is 780. The second kappa shape index (κ2) is 6.90. The van der Waals surface area contributed by atoms with Gasteiger partial charge in [-0.1, -0.05) is 23.2 Å². The number of sulfonamides is 1. The first kappa shape index (κ1) is 16.9. The number of hydrogen-bond acceptors (Lipinski definition) is 6. The van der Waals surface area contributed by atoms with E-state index in [9.17, 15) is 8.42 Å². The van der Waals surface area contributed by atoms with E-state index in [-0.39, 0.29) is 22.9 Å². The molecular formula is C13H13Cl2N3O3S2.